The number of aromatic nitrogens is 3. The molecule has 19 heavy (non-hydrogen) atoms. The van der Waals surface area contributed by atoms with E-state index in [0.29, 0.717) is 6.61 Å². The van der Waals surface area contributed by atoms with E-state index in [1.807, 2.05) is 29.0 Å². The lowest BCUT2D eigenvalue weighted by Crippen LogP contribution is -1.94. The molecule has 5 heteroatoms. The molecule has 0 amide bonds. The van der Waals surface area contributed by atoms with E-state index >= 15 is 0 Å². The second-order valence-corrected chi connectivity index (χ2v) is 5.33. The minimum absolute atomic E-state index is 0.616. The van der Waals surface area contributed by atoms with E-state index in [0.717, 1.165) is 26.0 Å². The first-order valence-electron chi connectivity index (χ1n) is 5.85. The van der Waals surface area contributed by atoms with E-state index in [2.05, 4.69) is 50.9 Å². The number of nitrogens with zero attached hydrogens (tertiary/aromatic N) is 3. The highest BCUT2D eigenvalue weighted by Crippen LogP contribution is 2.21. The summed E-state index contributed by atoms with van der Waals surface area (Å²) >= 11 is 2.22. The van der Waals surface area contributed by atoms with E-state index in [1.165, 1.54) is 0 Å². The Labute approximate surface area is 124 Å². The average Bonchev–Trinajstić information content (AvgIpc) is 2.81. The Morgan fingerprint density at radius 2 is 2.11 bits per heavy atom. The maximum atomic E-state index is 5.16. The molecule has 4 nitrogen and oxygen atoms in total. The molecule has 3 aromatic rings. The van der Waals surface area contributed by atoms with Gasteiger partial charge in [0.2, 0.25) is 0 Å². The number of benzene rings is 1. The van der Waals surface area contributed by atoms with Gasteiger partial charge in [-0.15, -0.1) is 0 Å². The second kappa shape index (κ2) is 5.26. The Morgan fingerprint density at radius 1 is 1.21 bits per heavy atom. The summed E-state index contributed by atoms with van der Waals surface area (Å²) in [5.74, 6) is 0. The second-order valence-electron chi connectivity index (χ2n) is 4.23. The number of hydrogen-bond acceptors (Lipinski definition) is 3. The largest absolute Gasteiger partial charge is 0.380 e. The van der Waals surface area contributed by atoms with Gasteiger partial charge >= 0.3 is 0 Å². The van der Waals surface area contributed by atoms with Crippen LogP contribution in [0.5, 0.6) is 0 Å². The van der Waals surface area contributed by atoms with E-state index in [-0.39, 0.29) is 0 Å². The first-order chi connectivity index (χ1) is 9.28. The third-order valence-corrected chi connectivity index (χ3v) is 3.63. The van der Waals surface area contributed by atoms with Gasteiger partial charge in [-0.05, 0) is 45.9 Å². The van der Waals surface area contributed by atoms with Crippen molar-refractivity contribution in [1.82, 2.24) is 14.6 Å². The molecule has 0 N–H and O–H groups in total. The fraction of sp³-hybridized carbons (Fsp3) is 0.143. The molecule has 96 valence electrons. The average molecular weight is 365 g/mol. The molecule has 0 saturated heterocycles. The fourth-order valence-electron chi connectivity index (χ4n) is 2.01. The van der Waals surface area contributed by atoms with Crippen molar-refractivity contribution in [3.05, 3.63) is 52.0 Å². The molecular weight excluding hydrogens is 353 g/mol. The summed E-state index contributed by atoms with van der Waals surface area (Å²) in [5.41, 5.74) is 4.20. The molecule has 0 aliphatic rings. The van der Waals surface area contributed by atoms with Gasteiger partial charge in [0.15, 0.2) is 5.65 Å². The van der Waals surface area contributed by atoms with Crippen LogP contribution in [-0.2, 0) is 11.3 Å². The molecule has 0 radical (unpaired) electrons. The lowest BCUT2D eigenvalue weighted by atomic mass is 10.1. The normalized spacial score (nSPS) is 11.1. The highest BCUT2D eigenvalue weighted by atomic mass is 127. The molecule has 2 aromatic heterocycles. The molecule has 0 bridgehead atoms. The van der Waals surface area contributed by atoms with Crippen LogP contribution in [0, 0.1) is 3.70 Å². The van der Waals surface area contributed by atoms with Gasteiger partial charge in [-0.25, -0.2) is 9.50 Å². The van der Waals surface area contributed by atoms with Crippen LogP contribution in [0.4, 0.5) is 0 Å². The SMILES string of the molecule is COCc1cccc(-c2cnn3c(I)cnc3c2)c1. The topological polar surface area (TPSA) is 39.4 Å². The molecule has 0 aliphatic heterocycles. The maximum absolute atomic E-state index is 5.16. The summed E-state index contributed by atoms with van der Waals surface area (Å²) in [6, 6.07) is 10.3. The summed E-state index contributed by atoms with van der Waals surface area (Å²) in [6.07, 6.45) is 3.68. The van der Waals surface area contributed by atoms with Crippen LogP contribution < -0.4 is 0 Å². The molecule has 0 saturated carbocycles. The van der Waals surface area contributed by atoms with Gasteiger partial charge in [0, 0.05) is 12.7 Å². The third-order valence-electron chi connectivity index (χ3n) is 2.89. The summed E-state index contributed by atoms with van der Waals surface area (Å²) in [6.45, 7) is 0.616. The van der Waals surface area contributed by atoms with Crippen molar-refractivity contribution in [2.45, 2.75) is 6.61 Å². The molecular formula is C14H12IN3O. The van der Waals surface area contributed by atoms with Crippen LogP contribution in [0.15, 0.2) is 42.7 Å². The Kier molecular flexibility index (Phi) is 3.48. The molecule has 2 heterocycles. The van der Waals surface area contributed by atoms with Crippen molar-refractivity contribution in [3.8, 4) is 11.1 Å². The fourth-order valence-corrected chi connectivity index (χ4v) is 2.52. The summed E-state index contributed by atoms with van der Waals surface area (Å²) < 4.78 is 7.99. The Hall–Kier alpha value is -1.47. The summed E-state index contributed by atoms with van der Waals surface area (Å²) in [7, 11) is 1.70. The number of hydrogen-bond donors (Lipinski definition) is 0. The quantitative estimate of drug-likeness (QED) is 0.670. The minimum atomic E-state index is 0.616. The first kappa shape index (κ1) is 12.6. The van der Waals surface area contributed by atoms with Gasteiger partial charge in [0.1, 0.15) is 3.70 Å². The molecule has 0 atom stereocenters. The van der Waals surface area contributed by atoms with Gasteiger partial charge in [-0.1, -0.05) is 18.2 Å². The van der Waals surface area contributed by atoms with Crippen LogP contribution in [0.25, 0.3) is 16.8 Å². The summed E-state index contributed by atoms with van der Waals surface area (Å²) in [5, 5.41) is 4.41. The molecule has 0 unspecified atom stereocenters. The first-order valence-corrected chi connectivity index (χ1v) is 6.93. The zero-order valence-electron chi connectivity index (χ0n) is 10.4. The molecule has 0 spiro atoms. The van der Waals surface area contributed by atoms with Crippen LogP contribution in [0.2, 0.25) is 0 Å². The van der Waals surface area contributed by atoms with Gasteiger partial charge in [-0.2, -0.15) is 5.10 Å². The zero-order valence-corrected chi connectivity index (χ0v) is 12.5. The van der Waals surface area contributed by atoms with Crippen molar-refractivity contribution in [1.29, 1.82) is 0 Å². The molecule has 0 fully saturated rings. The lowest BCUT2D eigenvalue weighted by molar-refractivity contribution is 0.185. The van der Waals surface area contributed by atoms with Gasteiger partial charge in [-0.3, -0.25) is 0 Å². The molecule has 1 aromatic carbocycles. The van der Waals surface area contributed by atoms with Gasteiger partial charge in [0.05, 0.1) is 19.0 Å². The highest BCUT2D eigenvalue weighted by Gasteiger charge is 2.05. The van der Waals surface area contributed by atoms with Crippen molar-refractivity contribution >= 4 is 28.2 Å². The van der Waals surface area contributed by atoms with Crippen molar-refractivity contribution in [2.75, 3.05) is 7.11 Å². The minimum Gasteiger partial charge on any atom is -0.380 e. The van der Waals surface area contributed by atoms with Crippen molar-refractivity contribution < 1.29 is 4.74 Å². The van der Waals surface area contributed by atoms with E-state index in [9.17, 15) is 0 Å². The number of methoxy groups -OCH3 is 1. The third kappa shape index (κ3) is 2.48. The van der Waals surface area contributed by atoms with E-state index < -0.39 is 0 Å². The number of ether oxygens (including phenoxy) is 1. The van der Waals surface area contributed by atoms with Crippen LogP contribution >= 0.6 is 22.6 Å². The number of fused-ring (bicyclic) bond motifs is 1. The summed E-state index contributed by atoms with van der Waals surface area (Å²) in [4.78, 5) is 4.33. The van der Waals surface area contributed by atoms with Crippen LogP contribution in [0.1, 0.15) is 5.56 Å². The van der Waals surface area contributed by atoms with E-state index in [4.69, 9.17) is 4.74 Å². The number of rotatable bonds is 3. The van der Waals surface area contributed by atoms with Gasteiger partial charge < -0.3 is 4.74 Å². The Bertz CT molecular complexity index is 724. The maximum Gasteiger partial charge on any atom is 0.155 e. The van der Waals surface area contributed by atoms with E-state index in [1.54, 1.807) is 7.11 Å². The number of halogens is 1. The Balaban J connectivity index is 2.05. The van der Waals surface area contributed by atoms with Crippen LogP contribution in [0.3, 0.4) is 0 Å². The lowest BCUT2D eigenvalue weighted by Gasteiger charge is -2.05. The van der Waals surface area contributed by atoms with Gasteiger partial charge in [0.25, 0.3) is 0 Å². The highest BCUT2D eigenvalue weighted by molar-refractivity contribution is 14.1. The molecule has 0 aliphatic carbocycles. The predicted octanol–water partition coefficient (Wildman–Crippen LogP) is 3.15. The van der Waals surface area contributed by atoms with Crippen molar-refractivity contribution in [2.24, 2.45) is 0 Å². The number of imidazole rings is 1. The van der Waals surface area contributed by atoms with Crippen molar-refractivity contribution in [3.63, 3.8) is 0 Å². The van der Waals surface area contributed by atoms with Crippen LogP contribution in [-0.4, -0.2) is 21.7 Å². The molecule has 3 rings (SSSR count). The predicted molar refractivity (Wildman–Crippen MR) is 81.9 cm³/mol. The monoisotopic (exact) mass is 365 g/mol. The Morgan fingerprint density at radius 3 is 2.95 bits per heavy atom. The smallest absolute Gasteiger partial charge is 0.155 e. The zero-order chi connectivity index (χ0) is 13.2. The standard InChI is InChI=1S/C14H12IN3O/c1-19-9-10-3-2-4-11(5-10)12-6-14-16-8-13(15)18(14)17-7-12/h2-8H,9H2,1H3.